The van der Waals surface area contributed by atoms with E-state index in [-0.39, 0.29) is 46.5 Å². The molecule has 4 aromatic rings. The normalized spacial score (nSPS) is 15.0. The maximum atomic E-state index is 14.1. The molecule has 1 aliphatic rings. The largest absolute Gasteiger partial charge is 0.444 e. The summed E-state index contributed by atoms with van der Waals surface area (Å²) in [4.78, 5) is 45.3. The number of carbonyl (C=O) groups excluding carboxylic acids is 2. The van der Waals surface area contributed by atoms with Crippen LogP contribution >= 0.6 is 11.6 Å². The van der Waals surface area contributed by atoms with E-state index in [0.29, 0.717) is 36.8 Å². The Labute approximate surface area is 264 Å². The number of aromatic nitrogens is 3. The zero-order valence-electron chi connectivity index (χ0n) is 25.5. The van der Waals surface area contributed by atoms with E-state index in [1.807, 2.05) is 23.1 Å². The van der Waals surface area contributed by atoms with Crippen molar-refractivity contribution in [1.29, 1.82) is 5.26 Å². The molecule has 1 saturated heterocycles. The van der Waals surface area contributed by atoms with Crippen molar-refractivity contribution in [2.45, 2.75) is 51.8 Å². The fraction of sp³-hybridized carbons (Fsp3) is 0.344. The van der Waals surface area contributed by atoms with E-state index in [2.05, 4.69) is 16.4 Å². The van der Waals surface area contributed by atoms with Crippen molar-refractivity contribution in [3.63, 3.8) is 0 Å². The lowest BCUT2D eigenvalue weighted by molar-refractivity contribution is 0.0499. The third kappa shape index (κ3) is 6.58. The Morgan fingerprint density at radius 3 is 2.58 bits per heavy atom. The molecule has 5 rings (SSSR count). The molecular weight excluding hydrogens is 598 g/mol. The minimum absolute atomic E-state index is 0.112. The molecule has 12 nitrogen and oxygen atoms in total. The number of nitrogens with one attached hydrogen (secondary N) is 1. The summed E-state index contributed by atoms with van der Waals surface area (Å²) in [6.45, 7) is 6.49. The lowest BCUT2D eigenvalue weighted by atomic mass is 10.1. The van der Waals surface area contributed by atoms with Crippen LogP contribution in [0.5, 0.6) is 11.8 Å². The number of fused-ring (bicyclic) bond motifs is 1. The standard InChI is InChI=1S/C32H34ClN7O5/c1-32(2,3)45-31(43)36-20-11-9-15-39(18-20)28-22(16-34)25-26(40(28)17-19-10-5-7-13-23(19)33)29(42)38(4)30(37-25)44-24-14-8-6-12-21(24)27(35)41/h5-8,10,12-14,20H,9,11,15,17-18H2,1-4H3,(H2,35,41)(H,36,43)/t20-/m1/s1. The Balaban J connectivity index is 1.65. The van der Waals surface area contributed by atoms with Crippen LogP contribution in [0.3, 0.4) is 0 Å². The van der Waals surface area contributed by atoms with Crippen molar-refractivity contribution in [3.05, 3.63) is 80.6 Å². The highest BCUT2D eigenvalue weighted by molar-refractivity contribution is 6.31. The van der Waals surface area contributed by atoms with E-state index in [9.17, 15) is 19.6 Å². The first kappa shape index (κ1) is 31.4. The number of carbonyl (C=O) groups is 2. The van der Waals surface area contributed by atoms with Crippen LogP contribution in [0.2, 0.25) is 5.02 Å². The molecule has 2 aromatic carbocycles. The molecule has 0 aliphatic carbocycles. The zero-order valence-corrected chi connectivity index (χ0v) is 26.2. The van der Waals surface area contributed by atoms with Gasteiger partial charge in [0.25, 0.3) is 11.5 Å². The van der Waals surface area contributed by atoms with Crippen LogP contribution in [0.25, 0.3) is 11.0 Å². The molecule has 45 heavy (non-hydrogen) atoms. The predicted molar refractivity (Wildman–Crippen MR) is 170 cm³/mol. The van der Waals surface area contributed by atoms with Gasteiger partial charge in [0.2, 0.25) is 0 Å². The third-order valence-electron chi connectivity index (χ3n) is 7.41. The van der Waals surface area contributed by atoms with Gasteiger partial charge in [-0.1, -0.05) is 41.9 Å². The first-order chi connectivity index (χ1) is 21.4. The monoisotopic (exact) mass is 631 g/mol. The van der Waals surface area contributed by atoms with Crippen molar-refractivity contribution >= 4 is 40.5 Å². The van der Waals surface area contributed by atoms with Crippen LogP contribution in [0.15, 0.2) is 53.3 Å². The summed E-state index contributed by atoms with van der Waals surface area (Å²) in [7, 11) is 1.50. The van der Waals surface area contributed by atoms with Crippen molar-refractivity contribution in [2.24, 2.45) is 12.8 Å². The number of nitrogens with two attached hydrogens (primary N) is 1. The highest BCUT2D eigenvalue weighted by Crippen LogP contribution is 2.35. The van der Waals surface area contributed by atoms with Crippen LogP contribution in [0.1, 0.15) is 55.1 Å². The quantitative estimate of drug-likeness (QED) is 0.297. The van der Waals surface area contributed by atoms with E-state index in [0.717, 1.165) is 5.56 Å². The molecule has 3 N–H and O–H groups in total. The van der Waals surface area contributed by atoms with Gasteiger partial charge in [-0.05, 0) is 57.4 Å². The van der Waals surface area contributed by atoms with E-state index < -0.39 is 23.2 Å². The first-order valence-corrected chi connectivity index (χ1v) is 14.8. The number of piperidine rings is 1. The fourth-order valence-electron chi connectivity index (χ4n) is 5.43. The molecular formula is C32H34ClN7O5. The Morgan fingerprint density at radius 2 is 1.89 bits per heavy atom. The fourth-order valence-corrected chi connectivity index (χ4v) is 5.62. The average molecular weight is 632 g/mol. The van der Waals surface area contributed by atoms with Gasteiger partial charge in [0.15, 0.2) is 0 Å². The maximum Gasteiger partial charge on any atom is 0.407 e. The van der Waals surface area contributed by atoms with Crippen molar-refractivity contribution in [2.75, 3.05) is 18.0 Å². The van der Waals surface area contributed by atoms with Crippen LogP contribution in [-0.4, -0.2) is 50.9 Å². The van der Waals surface area contributed by atoms with E-state index in [1.54, 1.807) is 49.6 Å². The molecule has 0 saturated carbocycles. The maximum absolute atomic E-state index is 14.1. The van der Waals surface area contributed by atoms with Gasteiger partial charge in [-0.15, -0.1) is 0 Å². The second-order valence-electron chi connectivity index (χ2n) is 11.8. The number of anilines is 1. The second-order valence-corrected chi connectivity index (χ2v) is 12.2. The SMILES string of the molecule is Cn1c(Oc2ccccc2C(N)=O)nc2c(C#N)c(N3CCC[C@@H](NC(=O)OC(C)(C)C)C3)n(Cc3ccccc3Cl)c2c1=O. The minimum Gasteiger partial charge on any atom is -0.444 e. The smallest absolute Gasteiger partial charge is 0.407 e. The van der Waals surface area contributed by atoms with Crippen LogP contribution in [0, 0.1) is 11.3 Å². The van der Waals surface area contributed by atoms with Gasteiger partial charge < -0.3 is 30.0 Å². The Bertz CT molecular complexity index is 1890. The summed E-state index contributed by atoms with van der Waals surface area (Å²) in [6.07, 6.45) is 0.891. The average Bonchev–Trinajstić information content (AvgIpc) is 3.29. The van der Waals surface area contributed by atoms with Gasteiger partial charge >= 0.3 is 12.1 Å². The van der Waals surface area contributed by atoms with Crippen molar-refractivity contribution in [1.82, 2.24) is 19.4 Å². The summed E-state index contributed by atoms with van der Waals surface area (Å²) in [5, 5.41) is 14.0. The number of hydrogen-bond donors (Lipinski definition) is 2. The minimum atomic E-state index is -0.706. The number of nitriles is 1. The number of halogens is 1. The summed E-state index contributed by atoms with van der Waals surface area (Å²) >= 11 is 6.55. The van der Waals surface area contributed by atoms with Crippen LogP contribution < -0.4 is 26.2 Å². The lowest BCUT2D eigenvalue weighted by Gasteiger charge is -2.35. The highest BCUT2D eigenvalue weighted by Gasteiger charge is 2.32. The van der Waals surface area contributed by atoms with Gasteiger partial charge in [0.1, 0.15) is 39.8 Å². The molecule has 234 valence electrons. The summed E-state index contributed by atoms with van der Waals surface area (Å²) in [6, 6.07) is 15.5. The highest BCUT2D eigenvalue weighted by atomic mass is 35.5. The van der Waals surface area contributed by atoms with Gasteiger partial charge in [0.05, 0.1) is 12.1 Å². The Morgan fingerprint density at radius 1 is 1.18 bits per heavy atom. The zero-order chi connectivity index (χ0) is 32.5. The van der Waals surface area contributed by atoms with E-state index >= 15 is 0 Å². The van der Waals surface area contributed by atoms with Gasteiger partial charge in [0, 0.05) is 31.2 Å². The van der Waals surface area contributed by atoms with E-state index in [1.165, 1.54) is 17.7 Å². The molecule has 1 atom stereocenters. The summed E-state index contributed by atoms with van der Waals surface area (Å²) in [5.74, 6) is -0.113. The number of rotatable bonds is 7. The Kier molecular flexibility index (Phi) is 8.75. The predicted octanol–water partition coefficient (Wildman–Crippen LogP) is 4.69. The molecule has 2 amide bonds. The molecule has 0 unspecified atom stereocenters. The first-order valence-electron chi connectivity index (χ1n) is 14.5. The van der Waals surface area contributed by atoms with E-state index in [4.69, 9.17) is 26.8 Å². The van der Waals surface area contributed by atoms with Crippen molar-refractivity contribution in [3.8, 4) is 17.8 Å². The number of hydrogen-bond acceptors (Lipinski definition) is 8. The topological polar surface area (TPSA) is 158 Å². The van der Waals surface area contributed by atoms with Crippen LogP contribution in [-0.2, 0) is 18.3 Å². The number of para-hydroxylation sites is 1. The molecule has 0 spiro atoms. The van der Waals surface area contributed by atoms with Crippen molar-refractivity contribution < 1.29 is 19.1 Å². The molecule has 1 fully saturated rings. The second kappa shape index (κ2) is 12.5. The molecule has 3 heterocycles. The molecule has 2 aromatic heterocycles. The number of ether oxygens (including phenoxy) is 2. The third-order valence-corrected chi connectivity index (χ3v) is 7.77. The van der Waals surface area contributed by atoms with Gasteiger partial charge in [-0.2, -0.15) is 10.2 Å². The molecule has 0 radical (unpaired) electrons. The summed E-state index contributed by atoms with van der Waals surface area (Å²) < 4.78 is 14.4. The number of primary amides is 1. The van der Waals surface area contributed by atoms with Crippen LogP contribution in [0.4, 0.5) is 10.6 Å². The number of benzene rings is 2. The lowest BCUT2D eigenvalue weighted by Crippen LogP contribution is -2.49. The molecule has 1 aliphatic heterocycles. The Hall–Kier alpha value is -5.02. The number of nitrogens with zero attached hydrogens (tertiary/aromatic N) is 5. The number of amides is 2. The summed E-state index contributed by atoms with van der Waals surface area (Å²) in [5.41, 5.74) is 5.74. The molecule has 13 heteroatoms. The van der Waals surface area contributed by atoms with Gasteiger partial charge in [-0.3, -0.25) is 14.2 Å². The number of alkyl carbamates (subject to hydrolysis) is 1. The van der Waals surface area contributed by atoms with Gasteiger partial charge in [-0.25, -0.2) is 4.79 Å². The molecule has 0 bridgehead atoms.